The fourth-order valence-corrected chi connectivity index (χ4v) is 4.45. The number of carbonyl (C=O) groups excluding carboxylic acids is 2. The molecule has 0 unspecified atom stereocenters. The third-order valence-electron chi connectivity index (χ3n) is 6.16. The van der Waals surface area contributed by atoms with Crippen molar-refractivity contribution in [3.63, 3.8) is 0 Å². The zero-order valence-corrected chi connectivity index (χ0v) is 19.9. The summed E-state index contributed by atoms with van der Waals surface area (Å²) in [4.78, 5) is 28.5. The van der Waals surface area contributed by atoms with Crippen molar-refractivity contribution >= 4 is 29.1 Å². The number of hydrogen-bond donors (Lipinski definition) is 1. The van der Waals surface area contributed by atoms with E-state index in [9.17, 15) is 9.59 Å². The van der Waals surface area contributed by atoms with Gasteiger partial charge in [0.1, 0.15) is 11.5 Å². The maximum Gasteiger partial charge on any atom is 0.254 e. The summed E-state index contributed by atoms with van der Waals surface area (Å²) in [5, 5.41) is 3.54. The predicted molar refractivity (Wildman–Crippen MR) is 133 cm³/mol. The Morgan fingerprint density at radius 3 is 2.35 bits per heavy atom. The van der Waals surface area contributed by atoms with E-state index in [1.165, 1.54) is 0 Å². The molecule has 0 bridgehead atoms. The van der Waals surface area contributed by atoms with Gasteiger partial charge in [-0.15, -0.1) is 0 Å². The highest BCUT2D eigenvalue weighted by Gasteiger charge is 2.36. The summed E-state index contributed by atoms with van der Waals surface area (Å²) in [6, 6.07) is 21.9. The number of benzene rings is 3. The Morgan fingerprint density at radius 2 is 1.68 bits per heavy atom. The molecular formula is C27H27ClN2O4. The van der Waals surface area contributed by atoms with E-state index >= 15 is 0 Å². The number of carbonyl (C=O) groups is 2. The minimum atomic E-state index is -0.358. The first-order valence-electron chi connectivity index (χ1n) is 11.1. The number of likely N-dealkylation sites (tertiary alicyclic amines) is 1. The maximum atomic E-state index is 13.5. The highest BCUT2D eigenvalue weighted by Crippen LogP contribution is 2.36. The standard InChI is InChI=1S/C27H27ClN2O4/c1-33-22-13-14-23(25(16-22)34-2)29-26(31)20-10-15-24(18-6-4-3-5-7-18)30(17-20)27(32)19-8-11-21(28)12-9-19/h3-9,11-14,16,20,24H,10,15,17H2,1-2H3,(H,29,31)/t20-,24-/m1/s1. The smallest absolute Gasteiger partial charge is 0.254 e. The lowest BCUT2D eigenvalue weighted by molar-refractivity contribution is -0.121. The summed E-state index contributed by atoms with van der Waals surface area (Å²) >= 11 is 6.02. The molecule has 6 nitrogen and oxygen atoms in total. The van der Waals surface area contributed by atoms with Crippen molar-refractivity contribution in [3.05, 3.63) is 88.9 Å². The predicted octanol–water partition coefficient (Wildman–Crippen LogP) is 5.59. The third-order valence-corrected chi connectivity index (χ3v) is 6.41. The highest BCUT2D eigenvalue weighted by atomic mass is 35.5. The van der Waals surface area contributed by atoms with Gasteiger partial charge < -0.3 is 19.7 Å². The number of anilines is 1. The molecule has 1 saturated heterocycles. The Balaban J connectivity index is 1.57. The van der Waals surface area contributed by atoms with E-state index in [1.807, 2.05) is 30.3 Å². The Bertz CT molecular complexity index is 1150. The zero-order chi connectivity index (χ0) is 24.1. The Kier molecular flexibility index (Phi) is 7.38. The number of piperidine rings is 1. The number of rotatable bonds is 6. The van der Waals surface area contributed by atoms with Gasteiger partial charge in [0, 0.05) is 23.2 Å². The Labute approximate surface area is 204 Å². The van der Waals surface area contributed by atoms with Crippen LogP contribution in [0, 0.1) is 5.92 Å². The number of hydrogen-bond acceptors (Lipinski definition) is 4. The largest absolute Gasteiger partial charge is 0.497 e. The van der Waals surface area contributed by atoms with Crippen molar-refractivity contribution in [3.8, 4) is 11.5 Å². The molecule has 7 heteroatoms. The molecule has 1 fully saturated rings. The SMILES string of the molecule is COc1ccc(NC(=O)[C@@H]2CC[C@H](c3ccccc3)N(C(=O)c3ccc(Cl)cc3)C2)c(OC)c1. The second-order valence-corrected chi connectivity index (χ2v) is 8.66. The van der Waals surface area contributed by atoms with Crippen LogP contribution in [-0.2, 0) is 4.79 Å². The van der Waals surface area contributed by atoms with Crippen LogP contribution in [0.3, 0.4) is 0 Å². The first kappa shape index (κ1) is 23.6. The van der Waals surface area contributed by atoms with Gasteiger partial charge in [0.25, 0.3) is 5.91 Å². The highest BCUT2D eigenvalue weighted by molar-refractivity contribution is 6.30. The van der Waals surface area contributed by atoms with Gasteiger partial charge >= 0.3 is 0 Å². The number of amides is 2. The second kappa shape index (κ2) is 10.6. The molecule has 0 spiro atoms. The molecule has 0 saturated carbocycles. The van der Waals surface area contributed by atoms with E-state index < -0.39 is 0 Å². The normalized spacial score (nSPS) is 17.7. The molecule has 34 heavy (non-hydrogen) atoms. The monoisotopic (exact) mass is 478 g/mol. The first-order chi connectivity index (χ1) is 16.5. The fourth-order valence-electron chi connectivity index (χ4n) is 4.33. The molecule has 0 radical (unpaired) electrons. The average molecular weight is 479 g/mol. The van der Waals surface area contributed by atoms with Crippen LogP contribution >= 0.6 is 11.6 Å². The molecule has 2 atom stereocenters. The van der Waals surface area contributed by atoms with Gasteiger partial charge in [0.05, 0.1) is 31.9 Å². The van der Waals surface area contributed by atoms with E-state index in [-0.39, 0.29) is 23.8 Å². The summed E-state index contributed by atoms with van der Waals surface area (Å²) in [5.74, 6) is 0.523. The zero-order valence-electron chi connectivity index (χ0n) is 19.2. The summed E-state index contributed by atoms with van der Waals surface area (Å²) in [5.41, 5.74) is 2.16. The summed E-state index contributed by atoms with van der Waals surface area (Å²) in [6.07, 6.45) is 1.34. The summed E-state index contributed by atoms with van der Waals surface area (Å²) in [7, 11) is 3.12. The van der Waals surface area contributed by atoms with E-state index in [0.29, 0.717) is 47.2 Å². The van der Waals surface area contributed by atoms with Gasteiger partial charge in [-0.1, -0.05) is 41.9 Å². The van der Waals surface area contributed by atoms with Crippen molar-refractivity contribution in [2.24, 2.45) is 5.92 Å². The molecule has 1 aliphatic heterocycles. The van der Waals surface area contributed by atoms with Gasteiger partial charge in [-0.2, -0.15) is 0 Å². The molecular weight excluding hydrogens is 452 g/mol. The number of nitrogens with one attached hydrogen (secondary N) is 1. The maximum absolute atomic E-state index is 13.5. The number of halogens is 1. The van der Waals surface area contributed by atoms with Crippen molar-refractivity contribution < 1.29 is 19.1 Å². The second-order valence-electron chi connectivity index (χ2n) is 8.22. The van der Waals surface area contributed by atoms with Gasteiger partial charge in [0.2, 0.25) is 5.91 Å². The van der Waals surface area contributed by atoms with Crippen LogP contribution in [0.1, 0.15) is 34.8 Å². The van der Waals surface area contributed by atoms with Crippen LogP contribution in [0.25, 0.3) is 0 Å². The molecule has 4 rings (SSSR count). The lowest BCUT2D eigenvalue weighted by Crippen LogP contribution is -2.45. The van der Waals surface area contributed by atoms with Gasteiger partial charge in [-0.05, 0) is 54.8 Å². The number of nitrogens with zero attached hydrogens (tertiary/aromatic N) is 1. The lowest BCUT2D eigenvalue weighted by atomic mass is 9.87. The molecule has 0 aliphatic carbocycles. The minimum Gasteiger partial charge on any atom is -0.497 e. The summed E-state index contributed by atoms with van der Waals surface area (Å²) in [6.45, 7) is 0.311. The van der Waals surface area contributed by atoms with E-state index in [2.05, 4.69) is 5.32 Å². The molecule has 176 valence electrons. The van der Waals surface area contributed by atoms with Gasteiger partial charge in [-0.3, -0.25) is 9.59 Å². The number of methoxy groups -OCH3 is 2. The number of ether oxygens (including phenoxy) is 2. The van der Waals surface area contributed by atoms with Gasteiger partial charge in [0.15, 0.2) is 0 Å². The van der Waals surface area contributed by atoms with Crippen molar-refractivity contribution in [2.75, 3.05) is 26.1 Å². The van der Waals surface area contributed by atoms with E-state index in [1.54, 1.807) is 61.6 Å². The van der Waals surface area contributed by atoms with E-state index in [4.69, 9.17) is 21.1 Å². The van der Waals surface area contributed by atoms with Crippen LogP contribution in [0.15, 0.2) is 72.8 Å². The molecule has 2 amide bonds. The van der Waals surface area contributed by atoms with Crippen molar-refractivity contribution in [2.45, 2.75) is 18.9 Å². The lowest BCUT2D eigenvalue weighted by Gasteiger charge is -2.39. The quantitative estimate of drug-likeness (QED) is 0.501. The Hall–Kier alpha value is -3.51. The molecule has 3 aromatic rings. The average Bonchev–Trinajstić information content (AvgIpc) is 2.89. The fraction of sp³-hybridized carbons (Fsp3) is 0.259. The first-order valence-corrected chi connectivity index (χ1v) is 11.5. The topological polar surface area (TPSA) is 67.9 Å². The van der Waals surface area contributed by atoms with Crippen LogP contribution in [0.2, 0.25) is 5.02 Å². The van der Waals surface area contributed by atoms with E-state index in [0.717, 1.165) is 5.56 Å². The van der Waals surface area contributed by atoms with Crippen molar-refractivity contribution in [1.29, 1.82) is 0 Å². The Morgan fingerprint density at radius 1 is 0.941 bits per heavy atom. The minimum absolute atomic E-state index is 0.107. The third kappa shape index (κ3) is 5.18. The molecule has 1 N–H and O–H groups in total. The van der Waals surface area contributed by atoms with Gasteiger partial charge in [-0.25, -0.2) is 0 Å². The molecule has 0 aromatic heterocycles. The summed E-state index contributed by atoms with van der Waals surface area (Å²) < 4.78 is 10.6. The van der Waals surface area contributed by atoms with Crippen LogP contribution in [0.4, 0.5) is 5.69 Å². The van der Waals surface area contributed by atoms with Crippen LogP contribution < -0.4 is 14.8 Å². The van der Waals surface area contributed by atoms with Crippen LogP contribution in [-0.4, -0.2) is 37.5 Å². The van der Waals surface area contributed by atoms with Crippen LogP contribution in [0.5, 0.6) is 11.5 Å². The molecule has 3 aromatic carbocycles. The van der Waals surface area contributed by atoms with Crippen molar-refractivity contribution in [1.82, 2.24) is 4.90 Å². The molecule has 1 heterocycles. The molecule has 1 aliphatic rings.